The lowest BCUT2D eigenvalue weighted by atomic mass is 9.95. The van der Waals surface area contributed by atoms with E-state index in [1.165, 1.54) is 31.2 Å². The molecule has 4 aromatic rings. The van der Waals surface area contributed by atoms with Gasteiger partial charge in [-0.05, 0) is 36.1 Å². The van der Waals surface area contributed by atoms with Crippen LogP contribution in [-0.2, 0) is 18.8 Å². The first-order valence-corrected chi connectivity index (χ1v) is 10.6. The smallest absolute Gasteiger partial charge is 0.223 e. The summed E-state index contributed by atoms with van der Waals surface area (Å²) >= 11 is 0. The molecule has 0 aliphatic carbocycles. The van der Waals surface area contributed by atoms with E-state index >= 15 is 0 Å². The maximum atomic E-state index is 14.3. The van der Waals surface area contributed by atoms with Crippen LogP contribution in [0.5, 0.6) is 0 Å². The molecule has 0 amide bonds. The third kappa shape index (κ3) is 4.34. The van der Waals surface area contributed by atoms with Gasteiger partial charge in [-0.3, -0.25) is 0 Å². The Morgan fingerprint density at radius 3 is 2.11 bits per heavy atom. The third-order valence-corrected chi connectivity index (χ3v) is 5.65. The van der Waals surface area contributed by atoms with Crippen LogP contribution < -0.4 is 0 Å². The molecule has 0 atom stereocenters. The molecular weight excluding hydrogens is 470 g/mol. The molecule has 0 spiro atoms. The highest BCUT2D eigenvalue weighted by Gasteiger charge is 2.45. The van der Waals surface area contributed by atoms with Crippen LogP contribution in [0.3, 0.4) is 0 Å². The summed E-state index contributed by atoms with van der Waals surface area (Å²) in [6.45, 7) is 3.21. The molecule has 0 fully saturated rings. The van der Waals surface area contributed by atoms with Crippen molar-refractivity contribution in [2.45, 2.75) is 39.0 Å². The lowest BCUT2D eigenvalue weighted by Gasteiger charge is -2.19. The minimum atomic E-state index is -5.15. The van der Waals surface area contributed by atoms with Gasteiger partial charge in [-0.15, -0.1) is 0 Å². The summed E-state index contributed by atoms with van der Waals surface area (Å²) < 4.78 is 85.6. The number of hydrogen-bond acceptors (Lipinski definition) is 3. The van der Waals surface area contributed by atoms with Crippen LogP contribution in [0.4, 0.5) is 26.3 Å². The van der Waals surface area contributed by atoms with Gasteiger partial charge in [0.15, 0.2) is 17.0 Å². The standard InChI is InChI=1S/C25H18F6N4/c1-3-6-19-14(2)23-33-21(24(26,27)28)20(22(25(29,30)31)35(23)34-19)16-11-9-15(10-12-16)18-8-5-4-7-17(18)13-32/h4-5,7-12H,3,6H2,1-2H3. The predicted molar refractivity (Wildman–Crippen MR) is 117 cm³/mol. The van der Waals surface area contributed by atoms with E-state index in [9.17, 15) is 31.6 Å². The van der Waals surface area contributed by atoms with Crippen molar-refractivity contribution in [2.75, 3.05) is 0 Å². The molecule has 0 unspecified atom stereocenters. The first-order chi connectivity index (χ1) is 16.5. The van der Waals surface area contributed by atoms with Crippen LogP contribution in [0.1, 0.15) is 41.6 Å². The maximum Gasteiger partial charge on any atom is 0.434 e. The first kappa shape index (κ1) is 24.3. The Hall–Kier alpha value is -3.87. The molecule has 35 heavy (non-hydrogen) atoms. The number of nitriles is 1. The van der Waals surface area contributed by atoms with Crippen molar-refractivity contribution >= 4 is 5.65 Å². The van der Waals surface area contributed by atoms with Crippen LogP contribution in [-0.4, -0.2) is 14.6 Å². The van der Waals surface area contributed by atoms with Gasteiger partial charge in [-0.1, -0.05) is 55.8 Å². The summed E-state index contributed by atoms with van der Waals surface area (Å²) in [4.78, 5) is 3.64. The summed E-state index contributed by atoms with van der Waals surface area (Å²) in [5.74, 6) is 0. The summed E-state index contributed by atoms with van der Waals surface area (Å²) in [5.41, 5.74) is -3.31. The fourth-order valence-corrected chi connectivity index (χ4v) is 4.06. The molecule has 0 radical (unpaired) electrons. The Bertz CT molecular complexity index is 1440. The summed E-state index contributed by atoms with van der Waals surface area (Å²) in [7, 11) is 0. The molecule has 0 N–H and O–H groups in total. The second-order valence-corrected chi connectivity index (χ2v) is 7.97. The summed E-state index contributed by atoms with van der Waals surface area (Å²) in [5, 5.41) is 13.3. The predicted octanol–water partition coefficient (Wildman–Crippen LogP) is 7.23. The SMILES string of the molecule is CCCc1nn2c(C(F)(F)F)c(-c3ccc(-c4ccccc4C#N)cc3)c(C(F)(F)F)nc2c1C. The molecule has 2 heterocycles. The Balaban J connectivity index is 2.03. The van der Waals surface area contributed by atoms with E-state index in [4.69, 9.17) is 0 Å². The van der Waals surface area contributed by atoms with Crippen molar-refractivity contribution in [3.05, 3.63) is 76.7 Å². The van der Waals surface area contributed by atoms with Crippen molar-refractivity contribution in [1.82, 2.24) is 14.6 Å². The third-order valence-electron chi connectivity index (χ3n) is 5.65. The second-order valence-electron chi connectivity index (χ2n) is 7.97. The Morgan fingerprint density at radius 1 is 0.914 bits per heavy atom. The minimum absolute atomic E-state index is 0.179. The topological polar surface area (TPSA) is 54.0 Å². The van der Waals surface area contributed by atoms with Crippen LogP contribution >= 0.6 is 0 Å². The Labute approximate surface area is 196 Å². The molecule has 0 saturated carbocycles. The zero-order chi connectivity index (χ0) is 25.5. The molecule has 4 nitrogen and oxygen atoms in total. The molecule has 180 valence electrons. The van der Waals surface area contributed by atoms with Gasteiger partial charge < -0.3 is 0 Å². The van der Waals surface area contributed by atoms with Crippen LogP contribution in [0.15, 0.2) is 48.5 Å². The van der Waals surface area contributed by atoms with Gasteiger partial charge >= 0.3 is 12.4 Å². The number of alkyl halides is 6. The number of aromatic nitrogens is 3. The summed E-state index contributed by atoms with van der Waals surface area (Å²) in [6.07, 6.45) is -9.44. The van der Waals surface area contributed by atoms with Crippen molar-refractivity contribution in [3.8, 4) is 28.3 Å². The van der Waals surface area contributed by atoms with Gasteiger partial charge in [-0.2, -0.15) is 36.7 Å². The van der Waals surface area contributed by atoms with Crippen LogP contribution in [0.2, 0.25) is 0 Å². The monoisotopic (exact) mass is 488 g/mol. The molecule has 4 rings (SSSR count). The van der Waals surface area contributed by atoms with E-state index in [0.29, 0.717) is 34.0 Å². The second kappa shape index (κ2) is 8.73. The Morgan fingerprint density at radius 2 is 1.54 bits per heavy atom. The van der Waals surface area contributed by atoms with Crippen molar-refractivity contribution in [3.63, 3.8) is 0 Å². The van der Waals surface area contributed by atoms with E-state index < -0.39 is 35.0 Å². The lowest BCUT2D eigenvalue weighted by molar-refractivity contribution is -0.147. The van der Waals surface area contributed by atoms with Gasteiger partial charge in [0.1, 0.15) is 0 Å². The van der Waals surface area contributed by atoms with E-state index in [1.54, 1.807) is 31.2 Å². The first-order valence-electron chi connectivity index (χ1n) is 10.6. The van der Waals surface area contributed by atoms with E-state index in [1.807, 2.05) is 6.07 Å². The zero-order valence-electron chi connectivity index (χ0n) is 18.6. The molecule has 0 saturated heterocycles. The molecule has 2 aromatic carbocycles. The molecule has 0 aliphatic rings. The highest BCUT2D eigenvalue weighted by molar-refractivity contribution is 5.77. The van der Waals surface area contributed by atoms with Gasteiger partial charge in [0.05, 0.1) is 17.3 Å². The highest BCUT2D eigenvalue weighted by atomic mass is 19.4. The molecule has 0 aliphatic heterocycles. The van der Waals surface area contributed by atoms with E-state index in [0.717, 1.165) is 0 Å². The quantitative estimate of drug-likeness (QED) is 0.285. The van der Waals surface area contributed by atoms with Crippen LogP contribution in [0, 0.1) is 18.3 Å². The average Bonchev–Trinajstić information content (AvgIpc) is 3.12. The fraction of sp³-hybridized carbons (Fsp3) is 0.240. The lowest BCUT2D eigenvalue weighted by Crippen LogP contribution is -2.21. The van der Waals surface area contributed by atoms with E-state index in [2.05, 4.69) is 10.1 Å². The Kier molecular flexibility index (Phi) is 6.05. The number of hydrogen-bond donors (Lipinski definition) is 0. The zero-order valence-corrected chi connectivity index (χ0v) is 18.6. The van der Waals surface area contributed by atoms with Crippen molar-refractivity contribution < 1.29 is 26.3 Å². The number of halogens is 6. The highest BCUT2D eigenvalue weighted by Crippen LogP contribution is 2.44. The number of nitrogens with zero attached hydrogens (tertiary/aromatic N) is 4. The maximum absolute atomic E-state index is 14.3. The van der Waals surface area contributed by atoms with Gasteiger partial charge in [0, 0.05) is 11.1 Å². The van der Waals surface area contributed by atoms with E-state index in [-0.39, 0.29) is 16.8 Å². The molecule has 10 heteroatoms. The average molecular weight is 488 g/mol. The number of fused-ring (bicyclic) bond motifs is 1. The fourth-order valence-electron chi connectivity index (χ4n) is 4.06. The normalized spacial score (nSPS) is 12.2. The largest absolute Gasteiger partial charge is 0.434 e. The van der Waals surface area contributed by atoms with Gasteiger partial charge in [-0.25, -0.2) is 9.50 Å². The molecular formula is C25H18F6N4. The van der Waals surface area contributed by atoms with Gasteiger partial charge in [0.2, 0.25) is 0 Å². The number of rotatable bonds is 4. The number of aryl methyl sites for hydroxylation is 2. The van der Waals surface area contributed by atoms with Gasteiger partial charge in [0.25, 0.3) is 0 Å². The number of benzene rings is 2. The summed E-state index contributed by atoms with van der Waals surface area (Å²) in [6, 6.07) is 13.7. The van der Waals surface area contributed by atoms with Crippen LogP contribution in [0.25, 0.3) is 27.9 Å². The van der Waals surface area contributed by atoms with Crippen molar-refractivity contribution in [1.29, 1.82) is 5.26 Å². The van der Waals surface area contributed by atoms with Crippen molar-refractivity contribution in [2.24, 2.45) is 0 Å². The molecule has 2 aromatic heterocycles. The molecule has 0 bridgehead atoms. The minimum Gasteiger partial charge on any atom is -0.223 e.